The molecule has 2 aromatic rings. The summed E-state index contributed by atoms with van der Waals surface area (Å²) in [6.45, 7) is 1.01. The van der Waals surface area contributed by atoms with Crippen LogP contribution in [0.3, 0.4) is 0 Å². The Kier molecular flexibility index (Phi) is 4.40. The first-order valence-corrected chi connectivity index (χ1v) is 9.50. The molecule has 2 unspecified atom stereocenters. The van der Waals surface area contributed by atoms with Crippen LogP contribution in [0.15, 0.2) is 58.3 Å². The van der Waals surface area contributed by atoms with Crippen molar-refractivity contribution >= 4 is 17.3 Å². The Bertz CT molecular complexity index is 870. The van der Waals surface area contributed by atoms with E-state index in [1.165, 1.54) is 12.1 Å². The zero-order valence-electron chi connectivity index (χ0n) is 14.7. The summed E-state index contributed by atoms with van der Waals surface area (Å²) in [6, 6.07) is 12.1. The predicted molar refractivity (Wildman–Crippen MR) is 99.2 cm³/mol. The van der Waals surface area contributed by atoms with E-state index in [1.54, 1.807) is 17.8 Å². The Hall–Kier alpha value is -1.72. The topological polar surface area (TPSA) is 3.24 Å². The van der Waals surface area contributed by atoms with Crippen LogP contribution in [-0.2, 0) is 6.18 Å². The van der Waals surface area contributed by atoms with Crippen LogP contribution in [0.25, 0.3) is 5.57 Å². The molecule has 1 fully saturated rings. The molecule has 2 aliphatic rings. The van der Waals surface area contributed by atoms with Gasteiger partial charge in [0, 0.05) is 16.3 Å². The molecular weight excluding hydrogens is 355 g/mol. The van der Waals surface area contributed by atoms with E-state index in [2.05, 4.69) is 25.1 Å². The minimum atomic E-state index is -4.32. The Morgan fingerprint density at radius 2 is 1.81 bits per heavy atom. The minimum Gasteiger partial charge on any atom is -0.309 e. The lowest BCUT2D eigenvalue weighted by atomic mass is 9.94. The standard InChI is InChI=1S/C21H20F3NS/c1-25(2)12-14-9-13(14)10-17-16-5-3-4-6-19(16)26-20-8-7-15(11-18(17)20)21(22,23)24/h3-8,10-11,13-14H,9,12H2,1-2H3. The number of benzene rings is 2. The van der Waals surface area contributed by atoms with Crippen LogP contribution in [0.1, 0.15) is 23.1 Å². The molecule has 0 saturated heterocycles. The maximum absolute atomic E-state index is 13.2. The molecule has 26 heavy (non-hydrogen) atoms. The lowest BCUT2D eigenvalue weighted by Crippen LogP contribution is -2.15. The van der Waals surface area contributed by atoms with Crippen molar-refractivity contribution in [1.29, 1.82) is 0 Å². The van der Waals surface area contributed by atoms with Crippen molar-refractivity contribution in [3.63, 3.8) is 0 Å². The Morgan fingerprint density at radius 3 is 2.54 bits per heavy atom. The van der Waals surface area contributed by atoms with E-state index in [0.29, 0.717) is 17.4 Å². The van der Waals surface area contributed by atoms with Gasteiger partial charge in [-0.05, 0) is 73.3 Å². The summed E-state index contributed by atoms with van der Waals surface area (Å²) in [5.41, 5.74) is 2.12. The van der Waals surface area contributed by atoms with Gasteiger partial charge in [0.2, 0.25) is 0 Å². The molecule has 2 aromatic carbocycles. The third-order valence-corrected chi connectivity index (χ3v) is 6.10. The Morgan fingerprint density at radius 1 is 1.08 bits per heavy atom. The second kappa shape index (κ2) is 6.46. The average Bonchev–Trinajstić information content (AvgIpc) is 3.30. The highest BCUT2D eigenvalue weighted by Gasteiger charge is 2.37. The van der Waals surface area contributed by atoms with Gasteiger partial charge in [0.25, 0.3) is 0 Å². The van der Waals surface area contributed by atoms with Crippen LogP contribution in [0.5, 0.6) is 0 Å². The fourth-order valence-electron chi connectivity index (χ4n) is 3.60. The van der Waals surface area contributed by atoms with Crippen molar-refractivity contribution in [1.82, 2.24) is 4.90 Å². The SMILES string of the molecule is CN(C)CC1CC1C=C1c2ccccc2Sc2ccc(C(F)(F)F)cc21. The van der Waals surface area contributed by atoms with Crippen LogP contribution in [0.2, 0.25) is 0 Å². The highest BCUT2D eigenvalue weighted by molar-refractivity contribution is 7.99. The van der Waals surface area contributed by atoms with Crippen LogP contribution in [-0.4, -0.2) is 25.5 Å². The summed E-state index contributed by atoms with van der Waals surface area (Å²) >= 11 is 1.55. The zero-order valence-corrected chi connectivity index (χ0v) is 15.5. The van der Waals surface area contributed by atoms with Crippen molar-refractivity contribution in [3.05, 3.63) is 65.2 Å². The molecule has 1 aliphatic carbocycles. The number of hydrogen-bond acceptors (Lipinski definition) is 2. The molecule has 4 rings (SSSR count). The monoisotopic (exact) mass is 375 g/mol. The summed E-state index contributed by atoms with van der Waals surface area (Å²) < 4.78 is 39.7. The molecule has 1 nitrogen and oxygen atoms in total. The van der Waals surface area contributed by atoms with E-state index in [4.69, 9.17) is 0 Å². The molecule has 1 heterocycles. The van der Waals surface area contributed by atoms with Crippen molar-refractivity contribution in [2.75, 3.05) is 20.6 Å². The lowest BCUT2D eigenvalue weighted by Gasteiger charge is -2.23. The number of nitrogens with zero attached hydrogens (tertiary/aromatic N) is 1. The summed E-state index contributed by atoms with van der Waals surface area (Å²) in [4.78, 5) is 4.17. The van der Waals surface area contributed by atoms with Gasteiger partial charge >= 0.3 is 6.18 Å². The predicted octanol–water partition coefficient (Wildman–Crippen LogP) is 5.80. The van der Waals surface area contributed by atoms with Gasteiger partial charge in [-0.25, -0.2) is 0 Å². The largest absolute Gasteiger partial charge is 0.416 e. The number of hydrogen-bond donors (Lipinski definition) is 0. The smallest absolute Gasteiger partial charge is 0.309 e. The number of rotatable bonds is 3. The summed E-state index contributed by atoms with van der Waals surface area (Å²) in [5, 5.41) is 0. The molecular formula is C21H20F3NS. The normalized spacial score (nSPS) is 23.1. The molecule has 0 radical (unpaired) electrons. The molecule has 2 atom stereocenters. The fourth-order valence-corrected chi connectivity index (χ4v) is 4.68. The molecule has 0 N–H and O–H groups in total. The van der Waals surface area contributed by atoms with Gasteiger partial charge in [-0.3, -0.25) is 0 Å². The first-order valence-electron chi connectivity index (χ1n) is 8.68. The quantitative estimate of drug-likeness (QED) is 0.569. The summed E-state index contributed by atoms with van der Waals surface area (Å²) in [5.74, 6) is 1.03. The molecule has 0 amide bonds. The van der Waals surface area contributed by atoms with Crippen LogP contribution < -0.4 is 0 Å². The van der Waals surface area contributed by atoms with Crippen molar-refractivity contribution < 1.29 is 13.2 Å². The van der Waals surface area contributed by atoms with Crippen molar-refractivity contribution in [2.24, 2.45) is 11.8 Å². The Labute approximate surface area is 155 Å². The third-order valence-electron chi connectivity index (χ3n) is 4.95. The highest BCUT2D eigenvalue weighted by Crippen LogP contribution is 2.50. The highest BCUT2D eigenvalue weighted by atomic mass is 32.2. The van der Waals surface area contributed by atoms with E-state index < -0.39 is 11.7 Å². The van der Waals surface area contributed by atoms with E-state index in [-0.39, 0.29) is 0 Å². The Balaban J connectivity index is 1.78. The molecule has 1 aliphatic heterocycles. The lowest BCUT2D eigenvalue weighted by molar-refractivity contribution is -0.137. The first-order chi connectivity index (χ1) is 12.3. The molecule has 0 bridgehead atoms. The zero-order chi connectivity index (χ0) is 18.5. The van der Waals surface area contributed by atoms with Crippen LogP contribution >= 0.6 is 11.8 Å². The van der Waals surface area contributed by atoms with Gasteiger partial charge in [-0.15, -0.1) is 0 Å². The number of alkyl halides is 3. The van der Waals surface area contributed by atoms with Gasteiger partial charge in [-0.1, -0.05) is 36.0 Å². The van der Waals surface area contributed by atoms with Crippen LogP contribution in [0.4, 0.5) is 13.2 Å². The fraction of sp³-hybridized carbons (Fsp3) is 0.333. The molecule has 136 valence electrons. The maximum Gasteiger partial charge on any atom is 0.416 e. The number of halogens is 3. The first kappa shape index (κ1) is 17.7. The summed E-state index contributed by atoms with van der Waals surface area (Å²) in [7, 11) is 4.11. The maximum atomic E-state index is 13.2. The third kappa shape index (κ3) is 3.42. The molecule has 5 heteroatoms. The molecule has 0 spiro atoms. The van der Waals surface area contributed by atoms with Gasteiger partial charge in [0.15, 0.2) is 0 Å². The van der Waals surface area contributed by atoms with Gasteiger partial charge in [-0.2, -0.15) is 13.2 Å². The molecule has 0 aromatic heterocycles. The summed E-state index contributed by atoms with van der Waals surface area (Å²) in [6.07, 6.45) is -1.02. The van der Waals surface area contributed by atoms with E-state index in [9.17, 15) is 13.2 Å². The number of fused-ring (bicyclic) bond motifs is 2. The van der Waals surface area contributed by atoms with E-state index >= 15 is 0 Å². The second-order valence-electron chi connectivity index (χ2n) is 7.31. The molecule has 1 saturated carbocycles. The van der Waals surface area contributed by atoms with Gasteiger partial charge in [0.1, 0.15) is 0 Å². The minimum absolute atomic E-state index is 0.436. The average molecular weight is 375 g/mol. The van der Waals surface area contributed by atoms with E-state index in [1.807, 2.05) is 24.3 Å². The van der Waals surface area contributed by atoms with E-state index in [0.717, 1.165) is 33.9 Å². The number of allylic oxidation sites excluding steroid dienone is 1. The van der Waals surface area contributed by atoms with Crippen LogP contribution in [0, 0.1) is 11.8 Å². The van der Waals surface area contributed by atoms with Gasteiger partial charge < -0.3 is 4.90 Å². The second-order valence-corrected chi connectivity index (χ2v) is 8.39. The van der Waals surface area contributed by atoms with Gasteiger partial charge in [0.05, 0.1) is 5.56 Å². The van der Waals surface area contributed by atoms with Crippen molar-refractivity contribution in [2.45, 2.75) is 22.4 Å². The van der Waals surface area contributed by atoms with Crippen molar-refractivity contribution in [3.8, 4) is 0 Å².